The van der Waals surface area contributed by atoms with Crippen LogP contribution in [0.5, 0.6) is 5.75 Å². The molecule has 9 heteroatoms. The van der Waals surface area contributed by atoms with E-state index in [-0.39, 0.29) is 17.9 Å². The lowest BCUT2D eigenvalue weighted by Gasteiger charge is -2.19. The number of fused-ring (bicyclic) bond motifs is 3. The number of ether oxygens (including phenoxy) is 1. The zero-order valence-corrected chi connectivity index (χ0v) is 15.9. The summed E-state index contributed by atoms with van der Waals surface area (Å²) in [5.41, 5.74) is 1.38. The first-order valence-electron chi connectivity index (χ1n) is 8.86. The number of rotatable bonds is 5. The number of hydrogen-bond donors (Lipinski definition) is 1. The fourth-order valence-electron chi connectivity index (χ4n) is 3.58. The second-order valence-corrected chi connectivity index (χ2v) is 7.96. The van der Waals surface area contributed by atoms with Crippen LogP contribution >= 0.6 is 11.3 Å². The highest BCUT2D eigenvalue weighted by atomic mass is 32.1. The predicted octanol–water partition coefficient (Wildman–Crippen LogP) is 4.00. The topological polar surface area (TPSA) is 58.2 Å². The number of para-hydroxylation sites is 1. The van der Waals surface area contributed by atoms with Crippen LogP contribution in [-0.4, -0.2) is 28.3 Å². The third-order valence-corrected chi connectivity index (χ3v) is 5.87. The number of aromatic amines is 1. The third kappa shape index (κ3) is 3.90. The molecule has 0 bridgehead atoms. The molecule has 0 unspecified atom stereocenters. The number of nitrogens with one attached hydrogen (secondary N) is 1. The summed E-state index contributed by atoms with van der Waals surface area (Å²) in [5.74, 6) is 0.266. The summed E-state index contributed by atoms with van der Waals surface area (Å²) in [7, 11) is 1.75. The van der Waals surface area contributed by atoms with E-state index >= 15 is 0 Å². The summed E-state index contributed by atoms with van der Waals surface area (Å²) in [6, 6.07) is 6.02. The molecule has 5 nitrogen and oxygen atoms in total. The molecule has 1 aliphatic carbocycles. The molecule has 3 aromatic rings. The van der Waals surface area contributed by atoms with E-state index < -0.39 is 6.36 Å². The number of alkyl halides is 3. The molecule has 28 heavy (non-hydrogen) atoms. The van der Waals surface area contributed by atoms with Gasteiger partial charge in [0.2, 0.25) is 0 Å². The normalized spacial score (nSPS) is 14.0. The Bertz CT molecular complexity index is 1070. The van der Waals surface area contributed by atoms with Gasteiger partial charge >= 0.3 is 6.36 Å². The first-order valence-corrected chi connectivity index (χ1v) is 9.67. The molecule has 0 spiro atoms. The molecule has 1 aromatic carbocycles. The predicted molar refractivity (Wildman–Crippen MR) is 101 cm³/mol. The van der Waals surface area contributed by atoms with Crippen LogP contribution < -0.4 is 10.3 Å². The Morgan fingerprint density at radius 1 is 1.25 bits per heavy atom. The van der Waals surface area contributed by atoms with E-state index in [9.17, 15) is 18.0 Å². The summed E-state index contributed by atoms with van der Waals surface area (Å²) in [5, 5.41) is 0.688. The van der Waals surface area contributed by atoms with E-state index in [0.29, 0.717) is 23.3 Å². The Hall–Kier alpha value is -2.39. The fourth-order valence-corrected chi connectivity index (χ4v) is 4.86. The lowest BCUT2D eigenvalue weighted by atomic mass is 10.2. The summed E-state index contributed by atoms with van der Waals surface area (Å²) >= 11 is 1.56. The average Bonchev–Trinajstić information content (AvgIpc) is 3.15. The van der Waals surface area contributed by atoms with Crippen molar-refractivity contribution in [3.8, 4) is 5.75 Å². The Balaban J connectivity index is 1.53. The van der Waals surface area contributed by atoms with E-state index in [1.165, 1.54) is 17.0 Å². The quantitative estimate of drug-likeness (QED) is 0.692. The van der Waals surface area contributed by atoms with Crippen molar-refractivity contribution in [1.82, 2.24) is 14.9 Å². The van der Waals surface area contributed by atoms with Gasteiger partial charge in [-0.15, -0.1) is 24.5 Å². The van der Waals surface area contributed by atoms with Crippen molar-refractivity contribution in [2.45, 2.75) is 38.7 Å². The van der Waals surface area contributed by atoms with Gasteiger partial charge in [0, 0.05) is 17.0 Å². The van der Waals surface area contributed by atoms with Crippen molar-refractivity contribution >= 4 is 21.6 Å². The Labute approximate surface area is 162 Å². The molecule has 0 saturated heterocycles. The zero-order chi connectivity index (χ0) is 19.9. The van der Waals surface area contributed by atoms with Gasteiger partial charge in [-0.05, 0) is 37.9 Å². The van der Waals surface area contributed by atoms with Crippen LogP contribution in [0.4, 0.5) is 13.2 Å². The van der Waals surface area contributed by atoms with Crippen LogP contribution in [0.2, 0.25) is 0 Å². The van der Waals surface area contributed by atoms with E-state index in [2.05, 4.69) is 14.7 Å². The zero-order valence-electron chi connectivity index (χ0n) is 15.1. The van der Waals surface area contributed by atoms with Crippen molar-refractivity contribution < 1.29 is 17.9 Å². The molecule has 0 saturated carbocycles. The first-order chi connectivity index (χ1) is 13.3. The minimum Gasteiger partial charge on any atom is -0.405 e. The van der Waals surface area contributed by atoms with E-state index in [1.54, 1.807) is 35.4 Å². The van der Waals surface area contributed by atoms with Crippen LogP contribution in [0.1, 0.15) is 28.2 Å². The molecule has 2 aromatic heterocycles. The highest BCUT2D eigenvalue weighted by molar-refractivity contribution is 7.18. The van der Waals surface area contributed by atoms with Gasteiger partial charge < -0.3 is 9.72 Å². The van der Waals surface area contributed by atoms with Gasteiger partial charge in [0.25, 0.3) is 5.56 Å². The Kier molecular flexibility index (Phi) is 4.88. The van der Waals surface area contributed by atoms with Crippen molar-refractivity contribution in [3.63, 3.8) is 0 Å². The van der Waals surface area contributed by atoms with Gasteiger partial charge in [-0.1, -0.05) is 18.2 Å². The Morgan fingerprint density at radius 2 is 2.04 bits per heavy atom. The van der Waals surface area contributed by atoms with Crippen molar-refractivity contribution in [3.05, 3.63) is 56.4 Å². The molecule has 0 atom stereocenters. The van der Waals surface area contributed by atoms with Gasteiger partial charge in [0.05, 0.1) is 11.9 Å². The lowest BCUT2D eigenvalue weighted by Crippen LogP contribution is -2.23. The Morgan fingerprint density at radius 3 is 2.82 bits per heavy atom. The van der Waals surface area contributed by atoms with Crippen molar-refractivity contribution in [2.24, 2.45) is 0 Å². The second kappa shape index (κ2) is 7.21. The van der Waals surface area contributed by atoms with Gasteiger partial charge in [-0.3, -0.25) is 9.69 Å². The molecular weight excluding hydrogens is 391 g/mol. The van der Waals surface area contributed by atoms with Gasteiger partial charge in [0.15, 0.2) is 0 Å². The molecule has 0 amide bonds. The number of thiophene rings is 1. The number of benzene rings is 1. The number of nitrogens with zero attached hydrogens (tertiary/aromatic N) is 2. The first kappa shape index (κ1) is 18.9. The van der Waals surface area contributed by atoms with Gasteiger partial charge in [0.1, 0.15) is 16.4 Å². The highest BCUT2D eigenvalue weighted by Gasteiger charge is 2.32. The molecule has 1 N–H and O–H groups in total. The third-order valence-electron chi connectivity index (χ3n) is 4.68. The molecular formula is C19H18F3N3O2S. The summed E-state index contributed by atoms with van der Waals surface area (Å²) in [4.78, 5) is 23.7. The van der Waals surface area contributed by atoms with Crippen molar-refractivity contribution in [2.75, 3.05) is 7.05 Å². The van der Waals surface area contributed by atoms with Crippen LogP contribution in [0.25, 0.3) is 10.2 Å². The smallest absolute Gasteiger partial charge is 0.405 e. The molecule has 0 fully saturated rings. The molecule has 2 heterocycles. The van der Waals surface area contributed by atoms with Gasteiger partial charge in [-0.25, -0.2) is 4.98 Å². The van der Waals surface area contributed by atoms with Crippen LogP contribution in [-0.2, 0) is 25.9 Å². The number of halogens is 3. The monoisotopic (exact) mass is 409 g/mol. The number of H-pyrrole nitrogens is 1. The summed E-state index contributed by atoms with van der Waals surface area (Å²) in [6.07, 6.45) is -1.77. The molecule has 148 valence electrons. The van der Waals surface area contributed by atoms with Gasteiger partial charge in [-0.2, -0.15) is 0 Å². The SMILES string of the molecule is CN(Cc1nc2sc3c(c2c(=O)[nH]1)CCC3)Cc1ccccc1OC(F)(F)F. The fraction of sp³-hybridized carbons (Fsp3) is 0.368. The lowest BCUT2D eigenvalue weighted by molar-refractivity contribution is -0.275. The van der Waals surface area contributed by atoms with Crippen LogP contribution in [0.3, 0.4) is 0 Å². The largest absolute Gasteiger partial charge is 0.573 e. The minimum absolute atomic E-state index is 0.145. The van der Waals surface area contributed by atoms with Crippen molar-refractivity contribution in [1.29, 1.82) is 0 Å². The van der Waals surface area contributed by atoms with Crippen LogP contribution in [0, 0.1) is 0 Å². The minimum atomic E-state index is -4.74. The van der Waals surface area contributed by atoms with E-state index in [0.717, 1.165) is 29.7 Å². The molecule has 0 aliphatic heterocycles. The standard InChI is InChI=1S/C19H18F3N3O2S/c1-25(9-11-5-2-3-7-13(11)27-19(20,21)22)10-15-23-17(26)16-12-6-4-8-14(12)28-18(16)24-15/h2-3,5,7H,4,6,8-10H2,1H3,(H,23,24,26). The van der Waals surface area contributed by atoms with E-state index in [1.807, 2.05) is 0 Å². The molecule has 1 aliphatic rings. The van der Waals surface area contributed by atoms with E-state index in [4.69, 9.17) is 0 Å². The maximum Gasteiger partial charge on any atom is 0.573 e. The number of aromatic nitrogens is 2. The second-order valence-electron chi connectivity index (χ2n) is 6.88. The average molecular weight is 409 g/mol. The number of aryl methyl sites for hydroxylation is 2. The molecule has 4 rings (SSSR count). The maximum absolute atomic E-state index is 12.6. The summed E-state index contributed by atoms with van der Waals surface area (Å²) < 4.78 is 41.8. The maximum atomic E-state index is 12.6. The highest BCUT2D eigenvalue weighted by Crippen LogP contribution is 2.34. The van der Waals surface area contributed by atoms with Crippen LogP contribution in [0.15, 0.2) is 29.1 Å². The summed E-state index contributed by atoms with van der Waals surface area (Å²) in [6.45, 7) is 0.517. The molecule has 0 radical (unpaired) electrons. The number of hydrogen-bond acceptors (Lipinski definition) is 5.